The quantitative estimate of drug-likeness (QED) is 0.560. The largest absolute Gasteiger partial charge is 0.480 e. The van der Waals surface area contributed by atoms with E-state index in [0.29, 0.717) is 18.7 Å². The number of imidazole rings is 1. The molecule has 0 unspecified atom stereocenters. The maximum absolute atomic E-state index is 13.4. The zero-order chi connectivity index (χ0) is 24.1. The minimum absolute atomic E-state index is 0.0666. The second kappa shape index (κ2) is 10.5. The molecule has 3 rings (SSSR count). The SMILES string of the molecule is Cc1[nH]cnc1CN1CCN(C(=O)N[C@@H](CC(C)C)C(=O)O)[C@@H](Cc2ccc(F)cc2)C1=O. The molecule has 1 fully saturated rings. The third kappa shape index (κ3) is 6.09. The van der Waals surface area contributed by atoms with Crippen molar-refractivity contribution in [3.8, 4) is 0 Å². The number of nitrogens with one attached hydrogen (secondary N) is 2. The van der Waals surface area contributed by atoms with Gasteiger partial charge >= 0.3 is 12.0 Å². The van der Waals surface area contributed by atoms with Gasteiger partial charge in [0.15, 0.2) is 0 Å². The number of aliphatic carboxylic acids is 1. The Balaban J connectivity index is 1.82. The highest BCUT2D eigenvalue weighted by molar-refractivity contribution is 5.90. The first-order chi connectivity index (χ1) is 15.7. The van der Waals surface area contributed by atoms with Crippen LogP contribution < -0.4 is 5.32 Å². The molecule has 1 aliphatic heterocycles. The number of rotatable bonds is 8. The normalized spacial score (nSPS) is 17.4. The number of carbonyl (C=O) groups is 3. The van der Waals surface area contributed by atoms with Crippen molar-refractivity contribution < 1.29 is 23.9 Å². The van der Waals surface area contributed by atoms with Crippen molar-refractivity contribution in [1.82, 2.24) is 25.1 Å². The zero-order valence-corrected chi connectivity index (χ0v) is 19.0. The smallest absolute Gasteiger partial charge is 0.326 e. The van der Waals surface area contributed by atoms with Crippen LogP contribution in [0.15, 0.2) is 30.6 Å². The fourth-order valence-corrected chi connectivity index (χ4v) is 3.93. The summed E-state index contributed by atoms with van der Waals surface area (Å²) >= 11 is 0. The predicted octanol–water partition coefficient (Wildman–Crippen LogP) is 2.32. The number of carbonyl (C=O) groups excluding carboxylic acids is 2. The monoisotopic (exact) mass is 459 g/mol. The molecule has 10 heteroatoms. The fourth-order valence-electron chi connectivity index (χ4n) is 3.93. The molecule has 1 aromatic heterocycles. The Bertz CT molecular complexity index is 991. The molecule has 0 aliphatic carbocycles. The van der Waals surface area contributed by atoms with E-state index in [1.54, 1.807) is 23.4 Å². The lowest BCUT2D eigenvalue weighted by Gasteiger charge is -2.41. The lowest BCUT2D eigenvalue weighted by atomic mass is 10.0. The summed E-state index contributed by atoms with van der Waals surface area (Å²) in [5.41, 5.74) is 2.29. The number of amides is 3. The second-order valence-corrected chi connectivity index (χ2v) is 8.74. The predicted molar refractivity (Wildman–Crippen MR) is 119 cm³/mol. The van der Waals surface area contributed by atoms with E-state index in [9.17, 15) is 23.9 Å². The van der Waals surface area contributed by atoms with Crippen molar-refractivity contribution >= 4 is 17.9 Å². The van der Waals surface area contributed by atoms with Crippen LogP contribution in [0.2, 0.25) is 0 Å². The van der Waals surface area contributed by atoms with Crippen molar-refractivity contribution in [3.05, 3.63) is 53.4 Å². The number of aromatic amines is 1. The van der Waals surface area contributed by atoms with E-state index in [1.165, 1.54) is 17.0 Å². The van der Waals surface area contributed by atoms with E-state index in [-0.39, 0.29) is 31.2 Å². The molecule has 33 heavy (non-hydrogen) atoms. The van der Waals surface area contributed by atoms with E-state index in [1.807, 2.05) is 20.8 Å². The minimum Gasteiger partial charge on any atom is -0.480 e. The van der Waals surface area contributed by atoms with Crippen LogP contribution in [0, 0.1) is 18.7 Å². The Morgan fingerprint density at radius 3 is 2.55 bits per heavy atom. The fraction of sp³-hybridized carbons (Fsp3) is 0.478. The Hall–Kier alpha value is -3.43. The van der Waals surface area contributed by atoms with E-state index in [0.717, 1.165) is 11.4 Å². The van der Waals surface area contributed by atoms with Gasteiger partial charge in [-0.15, -0.1) is 0 Å². The van der Waals surface area contributed by atoms with Crippen LogP contribution in [0.1, 0.15) is 37.2 Å². The first-order valence-electron chi connectivity index (χ1n) is 11.0. The number of hydrogen-bond donors (Lipinski definition) is 3. The molecule has 2 atom stereocenters. The van der Waals surface area contributed by atoms with Gasteiger partial charge in [0.2, 0.25) is 5.91 Å². The molecule has 9 nitrogen and oxygen atoms in total. The molecule has 0 radical (unpaired) electrons. The number of halogens is 1. The summed E-state index contributed by atoms with van der Waals surface area (Å²) in [7, 11) is 0. The minimum atomic E-state index is -1.12. The molecule has 1 aromatic carbocycles. The van der Waals surface area contributed by atoms with Crippen LogP contribution in [-0.4, -0.2) is 68.0 Å². The van der Waals surface area contributed by atoms with E-state index < -0.39 is 29.9 Å². The highest BCUT2D eigenvalue weighted by atomic mass is 19.1. The van der Waals surface area contributed by atoms with Crippen LogP contribution in [0.4, 0.5) is 9.18 Å². The zero-order valence-electron chi connectivity index (χ0n) is 19.0. The third-order valence-electron chi connectivity index (χ3n) is 5.76. The first-order valence-corrected chi connectivity index (χ1v) is 11.0. The van der Waals surface area contributed by atoms with Gasteiger partial charge in [0.05, 0.1) is 18.6 Å². The molecule has 0 saturated carbocycles. The highest BCUT2D eigenvalue weighted by Gasteiger charge is 2.39. The molecule has 178 valence electrons. The summed E-state index contributed by atoms with van der Waals surface area (Å²) in [4.78, 5) is 48.4. The summed E-state index contributed by atoms with van der Waals surface area (Å²) in [6.07, 6.45) is 2.02. The summed E-state index contributed by atoms with van der Waals surface area (Å²) in [6, 6.07) is 3.27. The summed E-state index contributed by atoms with van der Waals surface area (Å²) in [5, 5.41) is 12.1. The molecule has 3 amide bonds. The Morgan fingerprint density at radius 1 is 1.27 bits per heavy atom. The highest BCUT2D eigenvalue weighted by Crippen LogP contribution is 2.20. The molecule has 2 heterocycles. The number of aromatic nitrogens is 2. The summed E-state index contributed by atoms with van der Waals surface area (Å²) < 4.78 is 13.4. The lowest BCUT2D eigenvalue weighted by molar-refractivity contribution is -0.140. The first kappa shape index (κ1) is 24.2. The van der Waals surface area contributed by atoms with Gasteiger partial charge in [-0.3, -0.25) is 4.79 Å². The van der Waals surface area contributed by atoms with Crippen LogP contribution >= 0.6 is 0 Å². The molecular formula is C23H30FN5O4. The molecule has 0 spiro atoms. The van der Waals surface area contributed by atoms with Gasteiger partial charge < -0.3 is 25.2 Å². The second-order valence-electron chi connectivity index (χ2n) is 8.74. The van der Waals surface area contributed by atoms with Crippen molar-refractivity contribution in [2.75, 3.05) is 13.1 Å². The Kier molecular flexibility index (Phi) is 7.67. The Morgan fingerprint density at radius 2 is 1.97 bits per heavy atom. The topological polar surface area (TPSA) is 119 Å². The molecular weight excluding hydrogens is 429 g/mol. The number of benzene rings is 1. The number of hydrogen-bond acceptors (Lipinski definition) is 4. The average molecular weight is 460 g/mol. The average Bonchev–Trinajstić information content (AvgIpc) is 3.16. The van der Waals surface area contributed by atoms with E-state index in [4.69, 9.17) is 0 Å². The van der Waals surface area contributed by atoms with Crippen LogP contribution in [-0.2, 0) is 22.6 Å². The van der Waals surface area contributed by atoms with Crippen molar-refractivity contribution in [3.63, 3.8) is 0 Å². The number of carboxylic acids is 1. The molecule has 2 aromatic rings. The van der Waals surface area contributed by atoms with Crippen molar-refractivity contribution in [1.29, 1.82) is 0 Å². The maximum Gasteiger partial charge on any atom is 0.326 e. The van der Waals surface area contributed by atoms with Crippen molar-refractivity contribution in [2.45, 2.75) is 52.2 Å². The molecule has 1 aliphatic rings. The molecule has 1 saturated heterocycles. The van der Waals surface area contributed by atoms with Gasteiger partial charge in [-0.05, 0) is 37.0 Å². The molecule has 3 N–H and O–H groups in total. The van der Waals surface area contributed by atoms with E-state index in [2.05, 4.69) is 15.3 Å². The number of piperazine rings is 1. The van der Waals surface area contributed by atoms with Gasteiger partial charge in [0.1, 0.15) is 17.9 Å². The van der Waals surface area contributed by atoms with Gasteiger partial charge in [0.25, 0.3) is 0 Å². The van der Waals surface area contributed by atoms with Crippen molar-refractivity contribution in [2.24, 2.45) is 5.92 Å². The van der Waals surface area contributed by atoms with Crippen LogP contribution in [0.5, 0.6) is 0 Å². The number of nitrogens with zero attached hydrogens (tertiary/aromatic N) is 3. The number of aryl methyl sites for hydroxylation is 1. The van der Waals surface area contributed by atoms with Gasteiger partial charge in [0, 0.05) is 25.2 Å². The number of urea groups is 1. The lowest BCUT2D eigenvalue weighted by Crippen LogP contribution is -2.62. The third-order valence-corrected chi connectivity index (χ3v) is 5.76. The number of carboxylic acid groups (broad SMARTS) is 1. The maximum atomic E-state index is 13.4. The standard InChI is InChI=1S/C23H30FN5O4/c1-14(2)10-18(22(31)32)27-23(33)29-9-8-28(12-19-15(3)25-13-26-19)21(30)20(29)11-16-4-6-17(24)7-5-16/h4-7,13-14,18,20H,8-12H2,1-3H3,(H,25,26)(H,27,33)(H,31,32)/t18-,20-/m0/s1. The van der Waals surface area contributed by atoms with Gasteiger partial charge in [-0.1, -0.05) is 26.0 Å². The van der Waals surface area contributed by atoms with Gasteiger partial charge in [-0.25, -0.2) is 19.0 Å². The number of H-pyrrole nitrogens is 1. The molecule has 0 bridgehead atoms. The van der Waals surface area contributed by atoms with Crippen LogP contribution in [0.25, 0.3) is 0 Å². The van der Waals surface area contributed by atoms with E-state index >= 15 is 0 Å². The van der Waals surface area contributed by atoms with Crippen LogP contribution in [0.3, 0.4) is 0 Å². The van der Waals surface area contributed by atoms with Gasteiger partial charge in [-0.2, -0.15) is 0 Å². The Labute approximate surface area is 192 Å². The summed E-state index contributed by atoms with van der Waals surface area (Å²) in [5.74, 6) is -1.71. The summed E-state index contributed by atoms with van der Waals surface area (Å²) in [6.45, 7) is 6.45.